The van der Waals surface area contributed by atoms with Crippen LogP contribution >= 0.6 is 0 Å². The number of nitrogens with one attached hydrogen (secondary N) is 1. The van der Waals surface area contributed by atoms with Crippen LogP contribution in [0.4, 0.5) is 0 Å². The van der Waals surface area contributed by atoms with E-state index in [9.17, 15) is 0 Å². The summed E-state index contributed by atoms with van der Waals surface area (Å²) in [6.45, 7) is 0.888. The Labute approximate surface area is 113 Å². The molecular weight excluding hydrogens is 230 g/mol. The van der Waals surface area contributed by atoms with Gasteiger partial charge >= 0.3 is 0 Å². The average molecular weight is 247 g/mol. The van der Waals surface area contributed by atoms with E-state index in [1.54, 1.807) is 0 Å². The molecule has 0 atom stereocenters. The van der Waals surface area contributed by atoms with E-state index in [2.05, 4.69) is 72.0 Å². The van der Waals surface area contributed by atoms with Crippen molar-refractivity contribution in [2.45, 2.75) is 6.54 Å². The van der Waals surface area contributed by atoms with Crippen molar-refractivity contribution < 1.29 is 0 Å². The monoisotopic (exact) mass is 247 g/mol. The lowest BCUT2D eigenvalue weighted by molar-refractivity contribution is 0.819. The lowest BCUT2D eigenvalue weighted by atomic mass is 9.94. The van der Waals surface area contributed by atoms with E-state index in [4.69, 9.17) is 0 Å². The molecule has 1 heteroatoms. The summed E-state index contributed by atoms with van der Waals surface area (Å²) in [4.78, 5) is 0. The highest BCUT2D eigenvalue weighted by molar-refractivity contribution is 5.97. The highest BCUT2D eigenvalue weighted by Gasteiger charge is 2.07. The highest BCUT2D eigenvalue weighted by Crippen LogP contribution is 2.30. The summed E-state index contributed by atoms with van der Waals surface area (Å²) in [5.41, 5.74) is 3.96. The molecule has 0 saturated carbocycles. The Morgan fingerprint density at radius 2 is 1.42 bits per heavy atom. The van der Waals surface area contributed by atoms with Gasteiger partial charge in [-0.15, -0.1) is 0 Å². The van der Waals surface area contributed by atoms with Crippen molar-refractivity contribution in [1.82, 2.24) is 5.32 Å². The molecule has 1 N–H and O–H groups in total. The molecule has 3 aromatic rings. The van der Waals surface area contributed by atoms with Gasteiger partial charge in [-0.05, 0) is 34.5 Å². The fourth-order valence-electron chi connectivity index (χ4n) is 2.59. The molecule has 19 heavy (non-hydrogen) atoms. The predicted octanol–water partition coefficient (Wildman–Crippen LogP) is 4.23. The molecule has 94 valence electrons. The summed E-state index contributed by atoms with van der Waals surface area (Å²) in [6.07, 6.45) is 0. The molecule has 0 aliphatic rings. The largest absolute Gasteiger partial charge is 0.316 e. The molecule has 0 heterocycles. The van der Waals surface area contributed by atoms with Crippen LogP contribution in [-0.2, 0) is 6.54 Å². The zero-order chi connectivity index (χ0) is 13.1. The Kier molecular flexibility index (Phi) is 3.30. The standard InChI is InChI=1S/C18H17N/c1-19-13-15-8-3-5-11-17(15)18-12-6-9-14-7-2-4-10-16(14)18/h2-12,19H,13H2,1H3. The predicted molar refractivity (Wildman–Crippen MR) is 82.1 cm³/mol. The molecule has 3 aromatic carbocycles. The van der Waals surface area contributed by atoms with E-state index in [-0.39, 0.29) is 0 Å². The van der Waals surface area contributed by atoms with Crippen molar-refractivity contribution in [2.24, 2.45) is 0 Å². The van der Waals surface area contributed by atoms with Crippen LogP contribution in [0.5, 0.6) is 0 Å². The first-order chi connectivity index (χ1) is 9.40. The van der Waals surface area contributed by atoms with Crippen molar-refractivity contribution in [3.8, 4) is 11.1 Å². The van der Waals surface area contributed by atoms with Crippen LogP contribution < -0.4 is 5.32 Å². The fourth-order valence-corrected chi connectivity index (χ4v) is 2.59. The lowest BCUT2D eigenvalue weighted by Crippen LogP contribution is -2.06. The minimum Gasteiger partial charge on any atom is -0.316 e. The van der Waals surface area contributed by atoms with Gasteiger partial charge in [0, 0.05) is 6.54 Å². The van der Waals surface area contributed by atoms with Gasteiger partial charge in [-0.25, -0.2) is 0 Å². The van der Waals surface area contributed by atoms with E-state index in [1.807, 2.05) is 7.05 Å². The summed E-state index contributed by atoms with van der Waals surface area (Å²) in [7, 11) is 1.99. The fraction of sp³-hybridized carbons (Fsp3) is 0.111. The Bertz CT molecular complexity index is 695. The van der Waals surface area contributed by atoms with Crippen LogP contribution in [-0.4, -0.2) is 7.05 Å². The maximum atomic E-state index is 3.24. The summed E-state index contributed by atoms with van der Waals surface area (Å²) < 4.78 is 0. The zero-order valence-corrected chi connectivity index (χ0v) is 11.1. The molecule has 0 unspecified atom stereocenters. The molecule has 0 aliphatic heterocycles. The molecule has 3 rings (SSSR count). The molecule has 0 amide bonds. The Hall–Kier alpha value is -2.12. The van der Waals surface area contributed by atoms with E-state index in [1.165, 1.54) is 27.5 Å². The van der Waals surface area contributed by atoms with Crippen LogP contribution in [0, 0.1) is 0 Å². The lowest BCUT2D eigenvalue weighted by Gasteiger charge is -2.12. The Morgan fingerprint density at radius 1 is 0.737 bits per heavy atom. The quantitative estimate of drug-likeness (QED) is 0.730. The first-order valence-electron chi connectivity index (χ1n) is 6.61. The Morgan fingerprint density at radius 3 is 2.32 bits per heavy atom. The zero-order valence-electron chi connectivity index (χ0n) is 11.1. The van der Waals surface area contributed by atoms with Crippen LogP contribution in [0.1, 0.15) is 5.56 Å². The van der Waals surface area contributed by atoms with E-state index < -0.39 is 0 Å². The topological polar surface area (TPSA) is 12.0 Å². The van der Waals surface area contributed by atoms with Crippen molar-refractivity contribution in [3.63, 3.8) is 0 Å². The third kappa shape index (κ3) is 2.25. The second kappa shape index (κ2) is 5.25. The molecule has 0 saturated heterocycles. The summed E-state index contributed by atoms with van der Waals surface area (Å²) in [5.74, 6) is 0. The summed E-state index contributed by atoms with van der Waals surface area (Å²) in [5, 5.41) is 5.85. The number of benzene rings is 3. The van der Waals surface area contributed by atoms with Gasteiger partial charge in [0.05, 0.1) is 0 Å². The van der Waals surface area contributed by atoms with Gasteiger partial charge in [0.25, 0.3) is 0 Å². The third-order valence-corrected chi connectivity index (χ3v) is 3.46. The first kappa shape index (κ1) is 11.9. The van der Waals surface area contributed by atoms with Crippen LogP contribution in [0.15, 0.2) is 66.7 Å². The highest BCUT2D eigenvalue weighted by atomic mass is 14.8. The normalized spacial score (nSPS) is 10.8. The van der Waals surface area contributed by atoms with E-state index >= 15 is 0 Å². The SMILES string of the molecule is CNCc1ccccc1-c1cccc2ccccc12. The van der Waals surface area contributed by atoms with Gasteiger partial charge in [-0.2, -0.15) is 0 Å². The molecule has 0 bridgehead atoms. The summed E-state index contributed by atoms with van der Waals surface area (Å²) >= 11 is 0. The maximum absolute atomic E-state index is 3.24. The van der Waals surface area contributed by atoms with Crippen molar-refractivity contribution in [2.75, 3.05) is 7.05 Å². The van der Waals surface area contributed by atoms with Crippen LogP contribution in [0.2, 0.25) is 0 Å². The van der Waals surface area contributed by atoms with Crippen molar-refractivity contribution >= 4 is 10.8 Å². The number of hydrogen-bond donors (Lipinski definition) is 1. The van der Waals surface area contributed by atoms with Gasteiger partial charge in [-0.1, -0.05) is 66.7 Å². The van der Waals surface area contributed by atoms with E-state index in [0.29, 0.717) is 0 Å². The maximum Gasteiger partial charge on any atom is 0.0208 e. The van der Waals surface area contributed by atoms with Gasteiger partial charge < -0.3 is 5.32 Å². The minimum absolute atomic E-state index is 0.888. The average Bonchev–Trinajstić information content (AvgIpc) is 2.48. The molecule has 0 spiro atoms. The van der Waals surface area contributed by atoms with Crippen LogP contribution in [0.25, 0.3) is 21.9 Å². The second-order valence-electron chi connectivity index (χ2n) is 4.71. The molecule has 0 aliphatic carbocycles. The van der Waals surface area contributed by atoms with E-state index in [0.717, 1.165) is 6.54 Å². The van der Waals surface area contributed by atoms with Crippen LogP contribution in [0.3, 0.4) is 0 Å². The summed E-state index contributed by atoms with van der Waals surface area (Å²) in [6, 6.07) is 23.7. The van der Waals surface area contributed by atoms with Crippen molar-refractivity contribution in [1.29, 1.82) is 0 Å². The number of hydrogen-bond acceptors (Lipinski definition) is 1. The molecule has 1 nitrogen and oxygen atoms in total. The first-order valence-corrected chi connectivity index (χ1v) is 6.61. The minimum atomic E-state index is 0.888. The second-order valence-corrected chi connectivity index (χ2v) is 4.71. The molecular formula is C18H17N. The van der Waals surface area contributed by atoms with Gasteiger partial charge in [0.2, 0.25) is 0 Å². The molecule has 0 fully saturated rings. The van der Waals surface area contributed by atoms with Gasteiger partial charge in [0.15, 0.2) is 0 Å². The smallest absolute Gasteiger partial charge is 0.0208 e. The van der Waals surface area contributed by atoms with Crippen molar-refractivity contribution in [3.05, 3.63) is 72.3 Å². The van der Waals surface area contributed by atoms with Gasteiger partial charge in [0.1, 0.15) is 0 Å². The number of fused-ring (bicyclic) bond motifs is 1. The Balaban J connectivity index is 2.25. The van der Waals surface area contributed by atoms with Gasteiger partial charge in [-0.3, -0.25) is 0 Å². The third-order valence-electron chi connectivity index (χ3n) is 3.46. The molecule has 0 aromatic heterocycles. The molecule has 0 radical (unpaired) electrons. The number of rotatable bonds is 3.